The SMILES string of the molecule is CN(c1cc(F)c(S(=O)(=O)Nc2cscn2)cc1Cc1cc(S(=O)(=O)Nc2cscn2)c(F)cc1N(C)C1CCN(Cc2ccccc2)C1)C1CCN(Cc2ccccc2)C1. The van der Waals surface area contributed by atoms with Gasteiger partial charge in [-0.25, -0.2) is 35.6 Å². The summed E-state index contributed by atoms with van der Waals surface area (Å²) in [7, 11) is -5.21. The van der Waals surface area contributed by atoms with Crippen LogP contribution in [0.1, 0.15) is 35.1 Å². The van der Waals surface area contributed by atoms with Crippen LogP contribution in [0.2, 0.25) is 0 Å². The van der Waals surface area contributed by atoms with Crippen molar-refractivity contribution in [1.82, 2.24) is 19.8 Å². The Morgan fingerprint density at radius 3 is 1.44 bits per heavy atom. The lowest BCUT2D eigenvalue weighted by atomic mass is 9.98. The summed E-state index contributed by atoms with van der Waals surface area (Å²) in [4.78, 5) is 15.5. The molecule has 2 saturated heterocycles. The number of sulfonamides is 2. The van der Waals surface area contributed by atoms with Crippen LogP contribution in [0.25, 0.3) is 0 Å². The Hall–Kier alpha value is -4.98. The van der Waals surface area contributed by atoms with Crippen molar-refractivity contribution in [1.29, 1.82) is 0 Å². The van der Waals surface area contributed by atoms with Crippen LogP contribution in [-0.2, 0) is 39.6 Å². The van der Waals surface area contributed by atoms with Gasteiger partial charge in [-0.05, 0) is 59.4 Å². The normalized spacial score (nSPS) is 17.4. The second-order valence-electron chi connectivity index (χ2n) is 15.5. The number of hydrogen-bond acceptors (Lipinski definition) is 12. The van der Waals surface area contributed by atoms with Crippen molar-refractivity contribution in [3.63, 3.8) is 0 Å². The highest BCUT2D eigenvalue weighted by Gasteiger charge is 2.33. The average molecular weight is 905 g/mol. The Labute approximate surface area is 363 Å². The standard InChI is InChI=1S/C43H46F2N8O4S4/c1-50(34-13-15-52(24-34)22-30-9-5-3-6-10-30)38-20-36(44)40(60(54,55)48-42-26-58-28-46-42)18-32(38)17-33-19-41(61(56,57)49-43-27-59-29-47-43)37(45)21-39(33)51(2)35-14-16-53(25-35)23-31-11-7-4-8-12-31/h3-12,18-21,26-29,34-35,48-49H,13-17,22-25H2,1-2H3. The van der Waals surface area contributed by atoms with E-state index in [0.717, 1.165) is 39.0 Å². The van der Waals surface area contributed by atoms with Gasteiger partial charge in [0.15, 0.2) is 11.6 Å². The lowest BCUT2D eigenvalue weighted by Crippen LogP contribution is -2.36. The maximum atomic E-state index is 16.3. The first kappa shape index (κ1) is 42.7. The third-order valence-electron chi connectivity index (χ3n) is 11.4. The van der Waals surface area contributed by atoms with Gasteiger partial charge in [0.25, 0.3) is 20.0 Å². The predicted molar refractivity (Wildman–Crippen MR) is 239 cm³/mol. The van der Waals surface area contributed by atoms with Crippen LogP contribution in [0, 0.1) is 11.6 Å². The van der Waals surface area contributed by atoms with E-state index in [0.29, 0.717) is 35.6 Å². The molecule has 0 amide bonds. The maximum Gasteiger partial charge on any atom is 0.266 e. The third kappa shape index (κ3) is 9.90. The molecule has 2 aromatic heterocycles. The summed E-state index contributed by atoms with van der Waals surface area (Å²) in [5, 5.41) is 3.01. The van der Waals surface area contributed by atoms with Crippen molar-refractivity contribution >= 4 is 65.7 Å². The zero-order chi connectivity index (χ0) is 42.7. The molecule has 2 N–H and O–H groups in total. The topological polar surface area (TPSA) is 131 Å². The number of aromatic nitrogens is 2. The van der Waals surface area contributed by atoms with Crippen molar-refractivity contribution in [2.75, 3.05) is 59.5 Å². The number of hydrogen-bond donors (Lipinski definition) is 2. The molecule has 0 aliphatic carbocycles. The van der Waals surface area contributed by atoms with E-state index in [-0.39, 0.29) is 30.1 Å². The second kappa shape index (κ2) is 18.2. The highest BCUT2D eigenvalue weighted by Crippen LogP contribution is 2.37. The summed E-state index contributed by atoms with van der Waals surface area (Å²) in [6.45, 7) is 4.44. The van der Waals surface area contributed by atoms with Gasteiger partial charge in [-0.15, -0.1) is 22.7 Å². The number of likely N-dealkylation sites (tertiary alicyclic amines) is 2. The number of benzene rings is 4. The van der Waals surface area contributed by atoms with E-state index in [1.165, 1.54) is 79.8 Å². The molecule has 2 atom stereocenters. The zero-order valence-electron chi connectivity index (χ0n) is 33.6. The number of anilines is 4. The summed E-state index contributed by atoms with van der Waals surface area (Å²) >= 11 is 2.37. The molecule has 12 nitrogen and oxygen atoms in total. The molecule has 2 aliphatic rings. The zero-order valence-corrected chi connectivity index (χ0v) is 36.9. The van der Waals surface area contributed by atoms with Crippen molar-refractivity contribution in [3.8, 4) is 0 Å². The van der Waals surface area contributed by atoms with Crippen LogP contribution in [0.15, 0.2) is 117 Å². The molecule has 61 heavy (non-hydrogen) atoms. The monoisotopic (exact) mass is 904 g/mol. The molecule has 6 aromatic rings. The summed E-state index contributed by atoms with van der Waals surface area (Å²) in [5.41, 5.74) is 6.99. The lowest BCUT2D eigenvalue weighted by molar-refractivity contribution is 0.326. The smallest absolute Gasteiger partial charge is 0.266 e. The molecule has 2 unspecified atom stereocenters. The Bertz CT molecular complexity index is 2480. The van der Waals surface area contributed by atoms with Crippen LogP contribution in [0.3, 0.4) is 0 Å². The van der Waals surface area contributed by atoms with Gasteiger partial charge in [-0.1, -0.05) is 60.7 Å². The Morgan fingerprint density at radius 2 is 1.07 bits per heavy atom. The van der Waals surface area contributed by atoms with E-state index in [1.54, 1.807) is 0 Å². The number of likely N-dealkylation sites (N-methyl/N-ethyl adjacent to an activating group) is 2. The molecule has 18 heteroatoms. The summed E-state index contributed by atoms with van der Waals surface area (Å²) < 4.78 is 92.7. The predicted octanol–water partition coefficient (Wildman–Crippen LogP) is 7.49. The Kier molecular flexibility index (Phi) is 12.7. The molecular weight excluding hydrogens is 859 g/mol. The Morgan fingerprint density at radius 1 is 0.656 bits per heavy atom. The van der Waals surface area contributed by atoms with E-state index in [1.807, 2.05) is 60.3 Å². The number of nitrogens with one attached hydrogen (secondary N) is 2. The van der Waals surface area contributed by atoms with E-state index in [2.05, 4.69) is 53.5 Å². The van der Waals surface area contributed by atoms with Crippen LogP contribution in [0.5, 0.6) is 0 Å². The van der Waals surface area contributed by atoms with Gasteiger partial charge in [0.05, 0.1) is 11.0 Å². The van der Waals surface area contributed by atoms with Gasteiger partial charge in [0.2, 0.25) is 0 Å². The van der Waals surface area contributed by atoms with E-state index in [9.17, 15) is 16.8 Å². The molecule has 4 aromatic carbocycles. The van der Waals surface area contributed by atoms with Crippen molar-refractivity contribution in [2.45, 2.75) is 54.2 Å². The van der Waals surface area contributed by atoms with Gasteiger partial charge in [0.1, 0.15) is 21.4 Å². The fourth-order valence-electron chi connectivity index (χ4n) is 8.26. The minimum atomic E-state index is -4.47. The minimum absolute atomic E-state index is 0.0550. The van der Waals surface area contributed by atoms with E-state index < -0.39 is 41.5 Å². The van der Waals surface area contributed by atoms with Crippen LogP contribution in [0.4, 0.5) is 31.8 Å². The van der Waals surface area contributed by atoms with E-state index in [4.69, 9.17) is 0 Å². The van der Waals surface area contributed by atoms with Gasteiger partial charge in [-0.3, -0.25) is 19.2 Å². The first-order valence-electron chi connectivity index (χ1n) is 19.8. The van der Waals surface area contributed by atoms with Gasteiger partial charge >= 0.3 is 0 Å². The molecule has 320 valence electrons. The molecular formula is C43H46F2N8O4S4. The largest absolute Gasteiger partial charge is 0.370 e. The number of nitrogens with zero attached hydrogens (tertiary/aromatic N) is 6. The van der Waals surface area contributed by atoms with E-state index >= 15 is 8.78 Å². The summed E-state index contributed by atoms with van der Waals surface area (Å²) in [5.74, 6) is -1.80. The van der Waals surface area contributed by atoms with Crippen LogP contribution in [-0.4, -0.2) is 89.0 Å². The highest BCUT2D eigenvalue weighted by molar-refractivity contribution is 7.93. The summed E-state index contributed by atoms with van der Waals surface area (Å²) in [6, 6.07) is 25.2. The third-order valence-corrected chi connectivity index (χ3v) is 15.3. The molecule has 0 bridgehead atoms. The average Bonchev–Trinajstić information content (AvgIpc) is 4.09. The molecule has 2 aliphatic heterocycles. The van der Waals surface area contributed by atoms with Crippen molar-refractivity contribution in [3.05, 3.63) is 141 Å². The molecule has 4 heterocycles. The molecule has 8 rings (SSSR count). The second-order valence-corrected chi connectivity index (χ2v) is 20.2. The van der Waals surface area contributed by atoms with Crippen molar-refractivity contribution in [2.24, 2.45) is 0 Å². The van der Waals surface area contributed by atoms with Gasteiger partial charge < -0.3 is 9.80 Å². The number of thiazole rings is 2. The first-order chi connectivity index (χ1) is 29.3. The quantitative estimate of drug-likeness (QED) is 0.101. The molecule has 0 radical (unpaired) electrons. The highest BCUT2D eigenvalue weighted by atomic mass is 32.2. The van der Waals surface area contributed by atoms with Crippen LogP contribution < -0.4 is 19.2 Å². The molecule has 2 fully saturated rings. The van der Waals surface area contributed by atoms with Gasteiger partial charge in [0, 0.05) is 94.0 Å². The molecule has 0 spiro atoms. The molecule has 0 saturated carbocycles. The maximum absolute atomic E-state index is 16.3. The number of rotatable bonds is 16. The fraction of sp³-hybridized carbons (Fsp3) is 0.302. The first-order valence-corrected chi connectivity index (χ1v) is 24.6. The Balaban J connectivity index is 1.18. The number of halogens is 2. The summed E-state index contributed by atoms with van der Waals surface area (Å²) in [6.07, 6.45) is 1.48. The fourth-order valence-corrected chi connectivity index (χ4v) is 11.6. The van der Waals surface area contributed by atoms with Crippen LogP contribution >= 0.6 is 22.7 Å². The lowest BCUT2D eigenvalue weighted by Gasteiger charge is -2.32. The van der Waals surface area contributed by atoms with Crippen molar-refractivity contribution < 1.29 is 25.6 Å². The van der Waals surface area contributed by atoms with Gasteiger partial charge in [-0.2, -0.15) is 0 Å². The minimum Gasteiger partial charge on any atom is -0.370 e.